The molecule has 3 nitrogen and oxygen atoms in total. The first-order chi connectivity index (χ1) is 6.07. The van der Waals surface area contributed by atoms with Crippen LogP contribution >= 0.6 is 0 Å². The second-order valence-electron chi connectivity index (χ2n) is 4.20. The third-order valence-electron chi connectivity index (χ3n) is 2.95. The molecule has 0 radical (unpaired) electrons. The lowest BCUT2D eigenvalue weighted by Gasteiger charge is -2.34. The minimum absolute atomic E-state index is 0.405. The van der Waals surface area contributed by atoms with Crippen LogP contribution in [0.15, 0.2) is 0 Å². The van der Waals surface area contributed by atoms with Crippen molar-refractivity contribution in [1.82, 2.24) is 0 Å². The van der Waals surface area contributed by atoms with E-state index in [1.54, 1.807) is 6.92 Å². The van der Waals surface area contributed by atoms with Gasteiger partial charge in [0.2, 0.25) is 0 Å². The van der Waals surface area contributed by atoms with Crippen LogP contribution in [0.4, 0.5) is 0 Å². The number of aliphatic hydroxyl groups excluding tert-OH is 1. The zero-order valence-corrected chi connectivity index (χ0v) is 8.12. The van der Waals surface area contributed by atoms with E-state index < -0.39 is 17.5 Å². The summed E-state index contributed by atoms with van der Waals surface area (Å²) in [6.45, 7) is 1.67. The number of rotatable bonds is 3. The fourth-order valence-corrected chi connectivity index (χ4v) is 2.30. The Balaban J connectivity index is 2.67. The summed E-state index contributed by atoms with van der Waals surface area (Å²) in [5.74, 6) is -0.729. The average Bonchev–Trinajstić information content (AvgIpc) is 2.04. The highest BCUT2D eigenvalue weighted by molar-refractivity contribution is 5.74. The molecule has 13 heavy (non-hydrogen) atoms. The van der Waals surface area contributed by atoms with E-state index in [1.807, 2.05) is 0 Å². The molecular weight excluding hydrogens is 168 g/mol. The first-order valence-electron chi connectivity index (χ1n) is 4.98. The number of carboxylic acids is 1. The molecule has 3 heteroatoms. The number of carbonyl (C=O) groups is 1. The second-order valence-corrected chi connectivity index (χ2v) is 4.20. The molecule has 0 bridgehead atoms. The van der Waals surface area contributed by atoms with Crippen molar-refractivity contribution < 1.29 is 15.0 Å². The standard InChI is InChI=1S/C10H18O3/c1-8(11)7-10(9(12)13)5-3-2-4-6-10/h8,11H,2-7H2,1H3,(H,12,13). The lowest BCUT2D eigenvalue weighted by molar-refractivity contribution is -0.153. The van der Waals surface area contributed by atoms with E-state index in [9.17, 15) is 9.90 Å². The smallest absolute Gasteiger partial charge is 0.309 e. The van der Waals surface area contributed by atoms with Crippen molar-refractivity contribution >= 4 is 5.97 Å². The van der Waals surface area contributed by atoms with Gasteiger partial charge in [-0.15, -0.1) is 0 Å². The van der Waals surface area contributed by atoms with Crippen molar-refractivity contribution in [2.45, 2.75) is 51.6 Å². The van der Waals surface area contributed by atoms with Crippen LogP contribution in [0.1, 0.15) is 45.4 Å². The number of carboxylic acid groups (broad SMARTS) is 1. The zero-order valence-electron chi connectivity index (χ0n) is 8.12. The summed E-state index contributed by atoms with van der Waals surface area (Å²) in [5, 5.41) is 18.4. The maximum atomic E-state index is 11.1. The minimum atomic E-state index is -0.729. The number of hydrogen-bond acceptors (Lipinski definition) is 2. The Labute approximate surface area is 78.8 Å². The molecule has 0 aromatic carbocycles. The van der Waals surface area contributed by atoms with Gasteiger partial charge >= 0.3 is 5.97 Å². The predicted octanol–water partition coefficient (Wildman–Crippen LogP) is 1.79. The van der Waals surface area contributed by atoms with Gasteiger partial charge in [-0.25, -0.2) is 0 Å². The van der Waals surface area contributed by atoms with Gasteiger partial charge in [0.25, 0.3) is 0 Å². The summed E-state index contributed by atoms with van der Waals surface area (Å²) in [6.07, 6.45) is 4.46. The van der Waals surface area contributed by atoms with E-state index in [2.05, 4.69) is 0 Å². The third kappa shape index (κ3) is 2.44. The zero-order chi connectivity index (χ0) is 9.90. The molecule has 1 aliphatic rings. The lowest BCUT2D eigenvalue weighted by Crippen LogP contribution is -2.36. The Kier molecular flexibility index (Phi) is 3.31. The fourth-order valence-electron chi connectivity index (χ4n) is 2.30. The molecule has 1 unspecified atom stereocenters. The molecule has 0 spiro atoms. The monoisotopic (exact) mass is 186 g/mol. The molecule has 0 aliphatic heterocycles. The fraction of sp³-hybridized carbons (Fsp3) is 0.900. The van der Waals surface area contributed by atoms with Crippen LogP contribution in [-0.2, 0) is 4.79 Å². The van der Waals surface area contributed by atoms with Crippen LogP contribution in [-0.4, -0.2) is 22.3 Å². The Morgan fingerprint density at radius 1 is 1.38 bits per heavy atom. The quantitative estimate of drug-likeness (QED) is 0.706. The molecule has 1 saturated carbocycles. The molecule has 0 aromatic heterocycles. The summed E-state index contributed by atoms with van der Waals surface area (Å²) < 4.78 is 0. The Hall–Kier alpha value is -0.570. The topological polar surface area (TPSA) is 57.5 Å². The van der Waals surface area contributed by atoms with Gasteiger partial charge in [-0.05, 0) is 26.2 Å². The van der Waals surface area contributed by atoms with E-state index >= 15 is 0 Å². The van der Waals surface area contributed by atoms with Crippen LogP contribution in [0.2, 0.25) is 0 Å². The van der Waals surface area contributed by atoms with E-state index in [4.69, 9.17) is 5.11 Å². The van der Waals surface area contributed by atoms with E-state index in [0.717, 1.165) is 32.1 Å². The molecule has 0 aromatic rings. The Bertz CT molecular complexity index is 181. The summed E-state index contributed by atoms with van der Waals surface area (Å²) in [4.78, 5) is 11.1. The van der Waals surface area contributed by atoms with Crippen molar-refractivity contribution in [3.63, 3.8) is 0 Å². The van der Waals surface area contributed by atoms with Gasteiger partial charge in [0.05, 0.1) is 11.5 Å². The molecule has 1 atom stereocenters. The average molecular weight is 186 g/mol. The van der Waals surface area contributed by atoms with Crippen molar-refractivity contribution in [1.29, 1.82) is 0 Å². The van der Waals surface area contributed by atoms with Crippen LogP contribution in [0.5, 0.6) is 0 Å². The highest BCUT2D eigenvalue weighted by atomic mass is 16.4. The number of aliphatic hydroxyl groups is 1. The van der Waals surface area contributed by atoms with Crippen molar-refractivity contribution in [2.75, 3.05) is 0 Å². The maximum Gasteiger partial charge on any atom is 0.309 e. The summed E-state index contributed by atoms with van der Waals surface area (Å²) >= 11 is 0. The Morgan fingerprint density at radius 2 is 1.92 bits per heavy atom. The van der Waals surface area contributed by atoms with Crippen LogP contribution in [0.25, 0.3) is 0 Å². The number of aliphatic carboxylic acids is 1. The molecule has 1 rings (SSSR count). The molecule has 0 saturated heterocycles. The lowest BCUT2D eigenvalue weighted by atomic mass is 9.71. The maximum absolute atomic E-state index is 11.1. The summed E-state index contributed by atoms with van der Waals surface area (Å²) in [7, 11) is 0. The molecule has 0 heterocycles. The van der Waals surface area contributed by atoms with Gasteiger partial charge in [0.15, 0.2) is 0 Å². The van der Waals surface area contributed by atoms with E-state index in [0.29, 0.717) is 6.42 Å². The van der Waals surface area contributed by atoms with Crippen LogP contribution in [0.3, 0.4) is 0 Å². The van der Waals surface area contributed by atoms with E-state index in [1.165, 1.54) is 0 Å². The van der Waals surface area contributed by atoms with E-state index in [-0.39, 0.29) is 0 Å². The highest BCUT2D eigenvalue weighted by Gasteiger charge is 2.40. The van der Waals surface area contributed by atoms with Gasteiger partial charge in [-0.1, -0.05) is 19.3 Å². The summed E-state index contributed by atoms with van der Waals surface area (Å²) in [5.41, 5.74) is -0.633. The van der Waals surface area contributed by atoms with Crippen LogP contribution in [0, 0.1) is 5.41 Å². The first-order valence-corrected chi connectivity index (χ1v) is 4.98. The Morgan fingerprint density at radius 3 is 2.31 bits per heavy atom. The molecule has 2 N–H and O–H groups in total. The molecule has 76 valence electrons. The predicted molar refractivity (Wildman–Crippen MR) is 49.5 cm³/mol. The number of hydrogen-bond donors (Lipinski definition) is 2. The minimum Gasteiger partial charge on any atom is -0.481 e. The first kappa shape index (κ1) is 10.5. The third-order valence-corrected chi connectivity index (χ3v) is 2.95. The van der Waals surface area contributed by atoms with Gasteiger partial charge in [0, 0.05) is 0 Å². The summed E-state index contributed by atoms with van der Waals surface area (Å²) in [6, 6.07) is 0. The van der Waals surface area contributed by atoms with Gasteiger partial charge in [-0.2, -0.15) is 0 Å². The van der Waals surface area contributed by atoms with Crippen molar-refractivity contribution in [3.05, 3.63) is 0 Å². The molecular formula is C10H18O3. The molecule has 0 amide bonds. The molecule has 1 fully saturated rings. The van der Waals surface area contributed by atoms with Crippen molar-refractivity contribution in [2.24, 2.45) is 5.41 Å². The largest absolute Gasteiger partial charge is 0.481 e. The van der Waals surface area contributed by atoms with Crippen LogP contribution < -0.4 is 0 Å². The van der Waals surface area contributed by atoms with Crippen molar-refractivity contribution in [3.8, 4) is 0 Å². The second kappa shape index (κ2) is 4.09. The van der Waals surface area contributed by atoms with Gasteiger partial charge < -0.3 is 10.2 Å². The van der Waals surface area contributed by atoms with Gasteiger partial charge in [0.1, 0.15) is 0 Å². The highest BCUT2D eigenvalue weighted by Crippen LogP contribution is 2.40. The van der Waals surface area contributed by atoms with Gasteiger partial charge in [-0.3, -0.25) is 4.79 Å². The SMILES string of the molecule is CC(O)CC1(C(=O)O)CCCCC1. The normalized spacial score (nSPS) is 23.8. The molecule has 1 aliphatic carbocycles.